The van der Waals surface area contributed by atoms with Crippen molar-refractivity contribution >= 4 is 17.1 Å². The van der Waals surface area contributed by atoms with Gasteiger partial charge in [-0.05, 0) is 115 Å². The Labute approximate surface area is 277 Å². The molecule has 2 aliphatic heterocycles. The molecule has 0 saturated heterocycles. The molecular weight excluding hydrogens is 616 g/mol. The minimum Gasteiger partial charge on any atom is -0.494 e. The molecule has 0 unspecified atom stereocenters. The Morgan fingerprint density at radius 1 is 0.771 bits per heavy atom. The number of hydrogen-bond acceptors (Lipinski definition) is 6. The Morgan fingerprint density at radius 2 is 1.35 bits per heavy atom. The van der Waals surface area contributed by atoms with Gasteiger partial charge in [0, 0.05) is 23.2 Å². The highest BCUT2D eigenvalue weighted by atomic mass is 19.1. The lowest BCUT2D eigenvalue weighted by Crippen LogP contribution is -2.25. The number of rotatable bonds is 13. The molecule has 1 fully saturated rings. The van der Waals surface area contributed by atoms with Gasteiger partial charge in [0.1, 0.15) is 47.8 Å². The fourth-order valence-corrected chi connectivity index (χ4v) is 6.01. The van der Waals surface area contributed by atoms with Crippen molar-refractivity contribution in [3.63, 3.8) is 0 Å². The summed E-state index contributed by atoms with van der Waals surface area (Å²) < 4.78 is 51.5. The van der Waals surface area contributed by atoms with Crippen LogP contribution in [0.3, 0.4) is 0 Å². The lowest BCUT2D eigenvalue weighted by atomic mass is 9.90. The van der Waals surface area contributed by atoms with Gasteiger partial charge in [0.05, 0.1) is 18.8 Å². The van der Waals surface area contributed by atoms with Crippen molar-refractivity contribution in [1.82, 2.24) is 5.32 Å². The molecule has 7 rings (SSSR count). The van der Waals surface area contributed by atoms with Crippen LogP contribution in [0.4, 0.5) is 8.78 Å². The standard InChI is InChI=1S/C39H35F2NO6/c40-28-8-4-25(5-9-28)37-27(22-47-35-15-13-31(19-32(35)37)46-21-24-2-3-24)20-42-16-1-17-45-30-12-14-36-33(18-30)38(34(23-48-36)39(43)44)26-6-10-29(41)11-7-26/h4-15,18-19,24,42H,1-3,16-17,20-23H2,(H,43,44). The van der Waals surface area contributed by atoms with Crippen LogP contribution in [0.1, 0.15) is 41.5 Å². The molecule has 3 aliphatic rings. The Morgan fingerprint density at radius 3 is 1.98 bits per heavy atom. The van der Waals surface area contributed by atoms with Crippen molar-refractivity contribution in [2.45, 2.75) is 19.3 Å². The van der Waals surface area contributed by atoms with Crippen LogP contribution >= 0.6 is 0 Å². The Kier molecular flexibility index (Phi) is 9.12. The summed E-state index contributed by atoms with van der Waals surface area (Å²) in [5.74, 6) is 1.53. The summed E-state index contributed by atoms with van der Waals surface area (Å²) in [6, 6.07) is 23.5. The van der Waals surface area contributed by atoms with E-state index in [0.717, 1.165) is 33.8 Å². The SMILES string of the molecule is O=C(O)C1=C(c2ccc(F)cc2)c2cc(OCCCNCC3=C(c4ccc(F)cc4)c4cc(OCC5CC5)ccc4OC3)ccc2OC1. The molecule has 0 atom stereocenters. The molecule has 1 saturated carbocycles. The average molecular weight is 652 g/mol. The third-order valence-corrected chi connectivity index (χ3v) is 8.68. The van der Waals surface area contributed by atoms with Gasteiger partial charge in [-0.3, -0.25) is 0 Å². The largest absolute Gasteiger partial charge is 0.494 e. The van der Waals surface area contributed by atoms with Crippen LogP contribution in [0.5, 0.6) is 23.0 Å². The van der Waals surface area contributed by atoms with E-state index in [0.29, 0.717) is 73.4 Å². The molecule has 0 spiro atoms. The molecular formula is C39H35F2NO6. The quantitative estimate of drug-likeness (QED) is 0.147. The van der Waals surface area contributed by atoms with Gasteiger partial charge in [-0.1, -0.05) is 24.3 Å². The molecule has 4 aromatic rings. The van der Waals surface area contributed by atoms with Crippen molar-refractivity contribution < 1.29 is 37.6 Å². The molecule has 9 heteroatoms. The van der Waals surface area contributed by atoms with E-state index in [9.17, 15) is 18.7 Å². The molecule has 2 heterocycles. The first-order valence-electron chi connectivity index (χ1n) is 16.1. The summed E-state index contributed by atoms with van der Waals surface area (Å²) in [5.41, 5.74) is 5.66. The number of benzene rings is 4. The molecule has 48 heavy (non-hydrogen) atoms. The zero-order chi connectivity index (χ0) is 33.0. The van der Waals surface area contributed by atoms with E-state index in [1.807, 2.05) is 18.2 Å². The number of nitrogens with one attached hydrogen (secondary N) is 1. The average Bonchev–Trinajstić information content (AvgIpc) is 3.93. The van der Waals surface area contributed by atoms with Crippen LogP contribution in [0.15, 0.2) is 96.1 Å². The van der Waals surface area contributed by atoms with Gasteiger partial charge < -0.3 is 29.4 Å². The van der Waals surface area contributed by atoms with Gasteiger partial charge in [0.25, 0.3) is 0 Å². The normalized spacial score (nSPS) is 15.3. The molecule has 0 aromatic heterocycles. The maximum absolute atomic E-state index is 13.8. The summed E-state index contributed by atoms with van der Waals surface area (Å²) in [6.07, 6.45) is 3.12. The number of carbonyl (C=O) groups is 1. The summed E-state index contributed by atoms with van der Waals surface area (Å²) in [6.45, 7) is 2.67. The van der Waals surface area contributed by atoms with E-state index in [-0.39, 0.29) is 18.0 Å². The Hall–Kier alpha value is -5.15. The topological polar surface area (TPSA) is 86.3 Å². The number of ether oxygens (including phenoxy) is 4. The summed E-state index contributed by atoms with van der Waals surface area (Å²) in [5, 5.41) is 13.4. The lowest BCUT2D eigenvalue weighted by molar-refractivity contribution is -0.133. The van der Waals surface area contributed by atoms with Gasteiger partial charge >= 0.3 is 5.97 Å². The molecule has 4 aromatic carbocycles. The van der Waals surface area contributed by atoms with Crippen LogP contribution in [-0.2, 0) is 4.79 Å². The highest BCUT2D eigenvalue weighted by Crippen LogP contribution is 2.41. The first-order chi connectivity index (χ1) is 23.4. The minimum absolute atomic E-state index is 0.0911. The number of aliphatic carboxylic acids is 1. The zero-order valence-electron chi connectivity index (χ0n) is 26.3. The van der Waals surface area contributed by atoms with Crippen molar-refractivity contribution in [3.05, 3.63) is 130 Å². The maximum atomic E-state index is 13.8. The summed E-state index contributed by atoms with van der Waals surface area (Å²) in [4.78, 5) is 12.0. The molecule has 2 N–H and O–H groups in total. The molecule has 0 bridgehead atoms. The first kappa shape index (κ1) is 31.4. The predicted octanol–water partition coefficient (Wildman–Crippen LogP) is 7.29. The van der Waals surface area contributed by atoms with Crippen LogP contribution < -0.4 is 24.3 Å². The lowest BCUT2D eigenvalue weighted by Gasteiger charge is -2.25. The third kappa shape index (κ3) is 7.06. The van der Waals surface area contributed by atoms with Crippen molar-refractivity contribution in [2.24, 2.45) is 5.92 Å². The molecule has 1 aliphatic carbocycles. The second-order valence-corrected chi connectivity index (χ2v) is 12.2. The van der Waals surface area contributed by atoms with Crippen LogP contribution in [0, 0.1) is 17.6 Å². The van der Waals surface area contributed by atoms with E-state index in [1.165, 1.54) is 37.1 Å². The minimum atomic E-state index is -1.09. The molecule has 7 nitrogen and oxygen atoms in total. The predicted molar refractivity (Wildman–Crippen MR) is 178 cm³/mol. The fraction of sp³-hybridized carbons (Fsp3) is 0.256. The Balaban J connectivity index is 1.02. The van der Waals surface area contributed by atoms with Crippen LogP contribution in [0.25, 0.3) is 11.1 Å². The second-order valence-electron chi connectivity index (χ2n) is 12.2. The molecule has 246 valence electrons. The van der Waals surface area contributed by atoms with E-state index in [1.54, 1.807) is 42.5 Å². The molecule has 0 radical (unpaired) electrons. The van der Waals surface area contributed by atoms with Crippen LogP contribution in [-0.4, -0.2) is 50.6 Å². The number of carboxylic acids is 1. The van der Waals surface area contributed by atoms with Gasteiger partial charge in [-0.2, -0.15) is 0 Å². The monoisotopic (exact) mass is 651 g/mol. The number of fused-ring (bicyclic) bond motifs is 2. The second kappa shape index (κ2) is 13.9. The highest BCUT2D eigenvalue weighted by molar-refractivity contribution is 6.03. The van der Waals surface area contributed by atoms with Crippen LogP contribution in [0.2, 0.25) is 0 Å². The van der Waals surface area contributed by atoms with E-state index < -0.39 is 11.8 Å². The number of hydrogen-bond donors (Lipinski definition) is 2. The van der Waals surface area contributed by atoms with Gasteiger partial charge in [-0.25, -0.2) is 13.6 Å². The third-order valence-electron chi connectivity index (χ3n) is 8.68. The van der Waals surface area contributed by atoms with Crippen molar-refractivity contribution in [3.8, 4) is 23.0 Å². The fourth-order valence-electron chi connectivity index (χ4n) is 6.01. The van der Waals surface area contributed by atoms with Gasteiger partial charge in [0.15, 0.2) is 0 Å². The highest BCUT2D eigenvalue weighted by Gasteiger charge is 2.27. The maximum Gasteiger partial charge on any atom is 0.335 e. The van der Waals surface area contributed by atoms with Gasteiger partial charge in [-0.15, -0.1) is 0 Å². The summed E-state index contributed by atoms with van der Waals surface area (Å²) in [7, 11) is 0. The smallest absolute Gasteiger partial charge is 0.335 e. The van der Waals surface area contributed by atoms with E-state index in [2.05, 4.69) is 5.32 Å². The Bertz CT molecular complexity index is 1880. The van der Waals surface area contributed by atoms with Crippen molar-refractivity contribution in [2.75, 3.05) is 39.5 Å². The number of carboxylic acid groups (broad SMARTS) is 1. The van der Waals surface area contributed by atoms with E-state index >= 15 is 0 Å². The first-order valence-corrected chi connectivity index (χ1v) is 16.1. The van der Waals surface area contributed by atoms with E-state index in [4.69, 9.17) is 18.9 Å². The number of halogens is 2. The molecule has 0 amide bonds. The van der Waals surface area contributed by atoms with Gasteiger partial charge in [0.2, 0.25) is 0 Å². The summed E-state index contributed by atoms with van der Waals surface area (Å²) >= 11 is 0. The van der Waals surface area contributed by atoms with Crippen molar-refractivity contribution in [1.29, 1.82) is 0 Å². The zero-order valence-corrected chi connectivity index (χ0v) is 26.3.